The second-order valence-electron chi connectivity index (χ2n) is 5.24. The topological polar surface area (TPSA) is 43.8 Å². The van der Waals surface area contributed by atoms with Crippen molar-refractivity contribution in [1.29, 1.82) is 0 Å². The minimum absolute atomic E-state index is 0.365. The Morgan fingerprint density at radius 1 is 1.26 bits per heavy atom. The summed E-state index contributed by atoms with van der Waals surface area (Å²) in [7, 11) is 0. The van der Waals surface area contributed by atoms with E-state index in [0.29, 0.717) is 12.5 Å². The van der Waals surface area contributed by atoms with Gasteiger partial charge in [-0.3, -0.25) is 0 Å². The molecule has 0 unspecified atom stereocenters. The molecule has 0 aliphatic carbocycles. The SMILES string of the molecule is Cc1cc(C)c(-n2nc(CN)cc2C(C)C)c(Cl)c1. The molecule has 0 spiro atoms. The molecule has 2 aromatic rings. The zero-order chi connectivity index (χ0) is 14.2. The lowest BCUT2D eigenvalue weighted by molar-refractivity contribution is 0.724. The normalized spacial score (nSPS) is 11.3. The van der Waals surface area contributed by atoms with Crippen LogP contribution in [-0.4, -0.2) is 9.78 Å². The maximum atomic E-state index is 6.41. The molecule has 0 atom stereocenters. The van der Waals surface area contributed by atoms with Crippen molar-refractivity contribution < 1.29 is 0 Å². The molecule has 0 radical (unpaired) electrons. The molecule has 1 heterocycles. The number of rotatable bonds is 3. The minimum Gasteiger partial charge on any atom is -0.325 e. The van der Waals surface area contributed by atoms with Crippen LogP contribution in [0.25, 0.3) is 5.69 Å². The third-order valence-corrected chi connectivity index (χ3v) is 3.49. The molecule has 0 saturated carbocycles. The smallest absolute Gasteiger partial charge is 0.0864 e. The van der Waals surface area contributed by atoms with Gasteiger partial charge in [-0.25, -0.2) is 4.68 Å². The largest absolute Gasteiger partial charge is 0.325 e. The van der Waals surface area contributed by atoms with Crippen LogP contribution in [0, 0.1) is 13.8 Å². The van der Waals surface area contributed by atoms with Gasteiger partial charge < -0.3 is 5.73 Å². The lowest BCUT2D eigenvalue weighted by atomic mass is 10.1. The molecular weight excluding hydrogens is 258 g/mol. The van der Waals surface area contributed by atoms with Crippen LogP contribution in [0.15, 0.2) is 18.2 Å². The first-order chi connectivity index (χ1) is 8.93. The Morgan fingerprint density at radius 3 is 2.47 bits per heavy atom. The Labute approximate surface area is 119 Å². The highest BCUT2D eigenvalue weighted by Crippen LogP contribution is 2.29. The third kappa shape index (κ3) is 2.67. The highest BCUT2D eigenvalue weighted by atomic mass is 35.5. The van der Waals surface area contributed by atoms with Crippen LogP contribution in [0.5, 0.6) is 0 Å². The van der Waals surface area contributed by atoms with E-state index in [2.05, 4.69) is 38.0 Å². The first-order valence-corrected chi connectivity index (χ1v) is 6.87. The number of nitrogens with zero attached hydrogens (tertiary/aromatic N) is 2. The maximum Gasteiger partial charge on any atom is 0.0864 e. The van der Waals surface area contributed by atoms with Crippen molar-refractivity contribution >= 4 is 11.6 Å². The molecule has 102 valence electrons. The van der Waals surface area contributed by atoms with Crippen molar-refractivity contribution in [2.45, 2.75) is 40.2 Å². The predicted molar refractivity (Wildman–Crippen MR) is 80.0 cm³/mol. The Balaban J connectivity index is 2.68. The zero-order valence-corrected chi connectivity index (χ0v) is 12.6. The van der Waals surface area contributed by atoms with Gasteiger partial charge in [0.25, 0.3) is 0 Å². The standard InChI is InChI=1S/C15H20ClN3/c1-9(2)14-7-12(8-17)18-19(14)15-11(4)5-10(3)6-13(15)16/h5-7,9H,8,17H2,1-4H3. The average molecular weight is 278 g/mol. The Bertz CT molecular complexity index is 576. The van der Waals surface area contributed by atoms with Gasteiger partial charge in [-0.05, 0) is 43.0 Å². The molecule has 0 fully saturated rings. The fourth-order valence-electron chi connectivity index (χ4n) is 2.31. The third-order valence-electron chi connectivity index (χ3n) is 3.20. The van der Waals surface area contributed by atoms with Gasteiger partial charge in [-0.1, -0.05) is 31.5 Å². The lowest BCUT2D eigenvalue weighted by Gasteiger charge is -2.14. The molecule has 2 rings (SSSR count). The number of hydrogen-bond donors (Lipinski definition) is 1. The summed E-state index contributed by atoms with van der Waals surface area (Å²) in [4.78, 5) is 0. The molecule has 0 saturated heterocycles. The first kappa shape index (κ1) is 14.1. The second-order valence-corrected chi connectivity index (χ2v) is 5.65. The Kier molecular flexibility index (Phi) is 3.97. The summed E-state index contributed by atoms with van der Waals surface area (Å²) < 4.78 is 1.93. The summed E-state index contributed by atoms with van der Waals surface area (Å²) in [5, 5.41) is 5.31. The van der Waals surface area contributed by atoms with E-state index in [9.17, 15) is 0 Å². The fourth-order valence-corrected chi connectivity index (χ4v) is 2.71. The lowest BCUT2D eigenvalue weighted by Crippen LogP contribution is -2.07. The van der Waals surface area contributed by atoms with Gasteiger partial charge in [0.1, 0.15) is 0 Å². The van der Waals surface area contributed by atoms with Gasteiger partial charge in [0.05, 0.1) is 16.4 Å². The van der Waals surface area contributed by atoms with Gasteiger partial charge in [0.15, 0.2) is 0 Å². The van der Waals surface area contributed by atoms with E-state index in [1.807, 2.05) is 17.7 Å². The molecule has 0 aliphatic rings. The first-order valence-electron chi connectivity index (χ1n) is 6.50. The summed E-state index contributed by atoms with van der Waals surface area (Å²) in [6.07, 6.45) is 0. The van der Waals surface area contributed by atoms with Crippen molar-refractivity contribution in [2.75, 3.05) is 0 Å². The predicted octanol–water partition coefficient (Wildman–Crippen LogP) is 3.72. The molecule has 0 amide bonds. The maximum absolute atomic E-state index is 6.41. The monoisotopic (exact) mass is 277 g/mol. The number of aryl methyl sites for hydroxylation is 2. The molecule has 1 aromatic carbocycles. The number of aromatic nitrogens is 2. The minimum atomic E-state index is 0.365. The van der Waals surface area contributed by atoms with Crippen LogP contribution in [-0.2, 0) is 6.54 Å². The molecule has 0 bridgehead atoms. The van der Waals surface area contributed by atoms with Gasteiger partial charge in [-0.15, -0.1) is 0 Å². The van der Waals surface area contributed by atoms with Crippen LogP contribution in [0.2, 0.25) is 5.02 Å². The van der Waals surface area contributed by atoms with E-state index in [-0.39, 0.29) is 0 Å². The van der Waals surface area contributed by atoms with Crippen molar-refractivity contribution in [3.63, 3.8) is 0 Å². The second kappa shape index (κ2) is 5.35. The summed E-state index contributed by atoms with van der Waals surface area (Å²) in [5.74, 6) is 0.365. The summed E-state index contributed by atoms with van der Waals surface area (Å²) in [5.41, 5.74) is 11.0. The van der Waals surface area contributed by atoms with Crippen molar-refractivity contribution in [1.82, 2.24) is 9.78 Å². The van der Waals surface area contributed by atoms with Crippen LogP contribution in [0.1, 0.15) is 42.3 Å². The summed E-state index contributed by atoms with van der Waals surface area (Å²) in [6.45, 7) is 8.83. The number of hydrogen-bond acceptors (Lipinski definition) is 2. The number of nitrogens with two attached hydrogens (primary N) is 1. The zero-order valence-electron chi connectivity index (χ0n) is 11.9. The van der Waals surface area contributed by atoms with Crippen molar-refractivity contribution in [3.8, 4) is 5.69 Å². The van der Waals surface area contributed by atoms with E-state index in [4.69, 9.17) is 17.3 Å². The molecule has 19 heavy (non-hydrogen) atoms. The summed E-state index contributed by atoms with van der Waals surface area (Å²) in [6, 6.07) is 6.15. The summed E-state index contributed by atoms with van der Waals surface area (Å²) >= 11 is 6.41. The van der Waals surface area contributed by atoms with E-state index in [1.165, 1.54) is 0 Å². The number of benzene rings is 1. The van der Waals surface area contributed by atoms with Crippen LogP contribution in [0.4, 0.5) is 0 Å². The van der Waals surface area contributed by atoms with Gasteiger partial charge >= 0.3 is 0 Å². The Hall–Kier alpha value is -1.32. The average Bonchev–Trinajstić information content (AvgIpc) is 2.71. The molecule has 1 aromatic heterocycles. The molecule has 0 aliphatic heterocycles. The molecule has 3 nitrogen and oxygen atoms in total. The molecule has 4 heteroatoms. The van der Waals surface area contributed by atoms with Crippen molar-refractivity contribution in [3.05, 3.63) is 45.7 Å². The number of halogens is 1. The van der Waals surface area contributed by atoms with E-state index < -0.39 is 0 Å². The highest BCUT2D eigenvalue weighted by molar-refractivity contribution is 6.32. The van der Waals surface area contributed by atoms with E-state index in [0.717, 1.165) is 33.2 Å². The molecular formula is C15H20ClN3. The fraction of sp³-hybridized carbons (Fsp3) is 0.400. The molecule has 2 N–H and O–H groups in total. The van der Waals surface area contributed by atoms with Crippen LogP contribution in [0.3, 0.4) is 0 Å². The van der Waals surface area contributed by atoms with Gasteiger partial charge in [0, 0.05) is 12.2 Å². The highest BCUT2D eigenvalue weighted by Gasteiger charge is 2.16. The van der Waals surface area contributed by atoms with E-state index in [1.54, 1.807) is 0 Å². The Morgan fingerprint density at radius 2 is 1.95 bits per heavy atom. The van der Waals surface area contributed by atoms with Crippen LogP contribution >= 0.6 is 11.6 Å². The van der Waals surface area contributed by atoms with Crippen LogP contribution < -0.4 is 5.73 Å². The quantitative estimate of drug-likeness (QED) is 0.929. The van der Waals surface area contributed by atoms with Crippen molar-refractivity contribution in [2.24, 2.45) is 5.73 Å². The van der Waals surface area contributed by atoms with E-state index >= 15 is 0 Å². The van der Waals surface area contributed by atoms with Gasteiger partial charge in [0.2, 0.25) is 0 Å². The van der Waals surface area contributed by atoms with Gasteiger partial charge in [-0.2, -0.15) is 5.10 Å².